The summed E-state index contributed by atoms with van der Waals surface area (Å²) in [5, 5.41) is 4.85. The van der Waals surface area contributed by atoms with E-state index in [2.05, 4.69) is 9.88 Å². The molecule has 0 aliphatic carbocycles. The van der Waals surface area contributed by atoms with Crippen LogP contribution in [0, 0.1) is 6.92 Å². The number of benzene rings is 1. The van der Waals surface area contributed by atoms with Crippen LogP contribution in [-0.4, -0.2) is 60.6 Å². The predicted octanol–water partition coefficient (Wildman–Crippen LogP) is 3.42. The number of aryl methyl sites for hydroxylation is 2. The van der Waals surface area contributed by atoms with E-state index in [1.54, 1.807) is 12.4 Å². The summed E-state index contributed by atoms with van der Waals surface area (Å²) in [6.07, 6.45) is 5.56. The summed E-state index contributed by atoms with van der Waals surface area (Å²) in [6.45, 7) is 4.86. The second kappa shape index (κ2) is 8.35. The van der Waals surface area contributed by atoms with Crippen molar-refractivity contribution in [3.8, 4) is 28.6 Å². The van der Waals surface area contributed by atoms with Gasteiger partial charge in [-0.2, -0.15) is 5.10 Å². The summed E-state index contributed by atoms with van der Waals surface area (Å²) in [4.78, 5) is 21.3. The van der Waals surface area contributed by atoms with Crippen molar-refractivity contribution in [3.63, 3.8) is 0 Å². The lowest BCUT2D eigenvalue weighted by Gasteiger charge is -2.28. The number of fused-ring (bicyclic) bond motifs is 1. The Labute approximate surface area is 196 Å². The van der Waals surface area contributed by atoms with Crippen LogP contribution in [0.1, 0.15) is 5.56 Å². The first-order valence-corrected chi connectivity index (χ1v) is 11.3. The van der Waals surface area contributed by atoms with E-state index in [4.69, 9.17) is 24.8 Å². The molecule has 6 rings (SSSR count). The van der Waals surface area contributed by atoms with Gasteiger partial charge < -0.3 is 14.2 Å². The van der Waals surface area contributed by atoms with E-state index < -0.39 is 0 Å². The molecule has 0 saturated carbocycles. The van der Waals surface area contributed by atoms with Crippen LogP contribution in [0.3, 0.4) is 0 Å². The van der Waals surface area contributed by atoms with Crippen LogP contribution < -0.4 is 4.90 Å². The molecule has 1 aromatic carbocycles. The Balaban J connectivity index is 1.54. The zero-order valence-corrected chi connectivity index (χ0v) is 19.1. The minimum absolute atomic E-state index is 0.588. The lowest BCUT2D eigenvalue weighted by atomic mass is 10.2. The quantitative estimate of drug-likeness (QED) is 0.413. The molecule has 0 bridgehead atoms. The summed E-state index contributed by atoms with van der Waals surface area (Å²) in [6, 6.07) is 14.0. The number of pyridine rings is 1. The third-order valence-electron chi connectivity index (χ3n) is 6.08. The number of morpholine rings is 1. The zero-order valence-electron chi connectivity index (χ0n) is 19.1. The second-order valence-corrected chi connectivity index (χ2v) is 8.31. The van der Waals surface area contributed by atoms with Crippen molar-refractivity contribution < 1.29 is 4.74 Å². The van der Waals surface area contributed by atoms with Crippen LogP contribution in [-0.2, 0) is 11.8 Å². The van der Waals surface area contributed by atoms with Gasteiger partial charge in [0, 0.05) is 44.3 Å². The number of imidazole rings is 1. The Bertz CT molecular complexity index is 1450. The maximum Gasteiger partial charge on any atom is 0.184 e. The van der Waals surface area contributed by atoms with Gasteiger partial charge in [-0.25, -0.2) is 19.6 Å². The summed E-state index contributed by atoms with van der Waals surface area (Å²) >= 11 is 0. The fraction of sp³-hybridized carbons (Fsp3) is 0.240. The molecule has 5 heterocycles. The fourth-order valence-corrected chi connectivity index (χ4v) is 4.30. The number of nitrogens with zero attached hydrogens (tertiary/aromatic N) is 8. The fourth-order valence-electron chi connectivity index (χ4n) is 4.30. The Morgan fingerprint density at radius 2 is 1.68 bits per heavy atom. The summed E-state index contributed by atoms with van der Waals surface area (Å²) in [5.41, 5.74) is 5.29. The molecule has 5 aromatic rings. The van der Waals surface area contributed by atoms with Crippen LogP contribution in [0.25, 0.3) is 39.8 Å². The number of hydrogen-bond acceptors (Lipinski definition) is 7. The molecule has 1 aliphatic rings. The molecule has 1 aliphatic heterocycles. The number of rotatable bonds is 4. The zero-order chi connectivity index (χ0) is 23.1. The smallest absolute Gasteiger partial charge is 0.184 e. The first-order chi connectivity index (χ1) is 16.7. The van der Waals surface area contributed by atoms with Gasteiger partial charge in [0.2, 0.25) is 0 Å². The molecule has 0 atom stereocenters. The molecular weight excluding hydrogens is 428 g/mol. The molecule has 0 radical (unpaired) electrons. The predicted molar refractivity (Wildman–Crippen MR) is 130 cm³/mol. The van der Waals surface area contributed by atoms with Crippen molar-refractivity contribution in [2.45, 2.75) is 6.92 Å². The van der Waals surface area contributed by atoms with Gasteiger partial charge in [-0.15, -0.1) is 0 Å². The lowest BCUT2D eigenvalue weighted by molar-refractivity contribution is 0.122. The van der Waals surface area contributed by atoms with Crippen molar-refractivity contribution in [3.05, 3.63) is 66.6 Å². The van der Waals surface area contributed by atoms with Gasteiger partial charge in [0.15, 0.2) is 22.8 Å². The monoisotopic (exact) mass is 452 g/mol. The van der Waals surface area contributed by atoms with E-state index >= 15 is 0 Å². The van der Waals surface area contributed by atoms with Crippen LogP contribution in [0.5, 0.6) is 0 Å². The number of aromatic nitrogens is 7. The maximum absolute atomic E-state index is 5.58. The Kier molecular flexibility index (Phi) is 5.03. The number of anilines is 1. The van der Waals surface area contributed by atoms with E-state index in [1.165, 1.54) is 0 Å². The molecule has 0 N–H and O–H groups in total. The molecule has 0 spiro atoms. The van der Waals surface area contributed by atoms with Gasteiger partial charge in [0.25, 0.3) is 0 Å². The van der Waals surface area contributed by atoms with Crippen LogP contribution in [0.2, 0.25) is 0 Å². The third kappa shape index (κ3) is 3.50. The summed E-state index contributed by atoms with van der Waals surface area (Å²) < 4.78 is 9.47. The van der Waals surface area contributed by atoms with E-state index in [0.717, 1.165) is 58.4 Å². The van der Waals surface area contributed by atoms with E-state index in [0.29, 0.717) is 19.0 Å². The van der Waals surface area contributed by atoms with Crippen molar-refractivity contribution in [2.75, 3.05) is 31.2 Å². The van der Waals surface area contributed by atoms with Crippen molar-refractivity contribution in [1.29, 1.82) is 0 Å². The Morgan fingerprint density at radius 1 is 0.912 bits per heavy atom. The van der Waals surface area contributed by atoms with Gasteiger partial charge in [-0.1, -0.05) is 18.2 Å². The topological polar surface area (TPSA) is 86.8 Å². The molecule has 9 heteroatoms. The molecule has 9 nitrogen and oxygen atoms in total. The molecule has 0 amide bonds. The number of para-hydroxylation sites is 1. The molecule has 4 aromatic heterocycles. The van der Waals surface area contributed by atoms with Gasteiger partial charge >= 0.3 is 0 Å². The third-order valence-corrected chi connectivity index (χ3v) is 6.08. The number of ether oxygens (including phenoxy) is 1. The van der Waals surface area contributed by atoms with Crippen LogP contribution >= 0.6 is 0 Å². The van der Waals surface area contributed by atoms with Gasteiger partial charge in [0.1, 0.15) is 11.5 Å². The Hall–Kier alpha value is -4.11. The molecule has 0 unspecified atom stereocenters. The van der Waals surface area contributed by atoms with E-state index in [1.807, 2.05) is 71.9 Å². The minimum atomic E-state index is 0.588. The highest BCUT2D eigenvalue weighted by atomic mass is 16.5. The molecule has 1 saturated heterocycles. The highest BCUT2D eigenvalue weighted by Crippen LogP contribution is 2.31. The average Bonchev–Trinajstić information content (AvgIpc) is 3.45. The molecular formula is C25H24N8O. The van der Waals surface area contributed by atoms with Gasteiger partial charge in [-0.3, -0.25) is 4.98 Å². The van der Waals surface area contributed by atoms with Crippen LogP contribution in [0.4, 0.5) is 5.82 Å². The first kappa shape index (κ1) is 20.5. The first-order valence-electron chi connectivity index (χ1n) is 11.3. The van der Waals surface area contributed by atoms with Gasteiger partial charge in [-0.05, 0) is 36.8 Å². The molecule has 170 valence electrons. The average molecular weight is 453 g/mol. The van der Waals surface area contributed by atoms with Crippen molar-refractivity contribution in [2.24, 2.45) is 7.05 Å². The SMILES string of the molecule is Cc1cn(-c2ccccc2)nc1-c1nc(N2CCOCC2)c2nc(-c3ccncc3)n(C)c2n1. The minimum Gasteiger partial charge on any atom is -0.378 e. The number of hydrogen-bond donors (Lipinski definition) is 0. The highest BCUT2D eigenvalue weighted by molar-refractivity contribution is 5.88. The standard InChI is InChI=1S/C25H24N8O/c1-17-16-33(19-6-4-3-5-7-19)30-20(17)22-28-24-21(25(29-22)32-12-14-34-15-13-32)27-23(31(24)2)18-8-10-26-11-9-18/h3-11,16H,12-15H2,1-2H3. The molecule has 34 heavy (non-hydrogen) atoms. The van der Waals surface area contributed by atoms with Crippen LogP contribution in [0.15, 0.2) is 61.1 Å². The second-order valence-electron chi connectivity index (χ2n) is 8.31. The van der Waals surface area contributed by atoms with Crippen molar-refractivity contribution >= 4 is 17.0 Å². The van der Waals surface area contributed by atoms with Crippen molar-refractivity contribution in [1.82, 2.24) is 34.3 Å². The van der Waals surface area contributed by atoms with Gasteiger partial charge in [0.05, 0.1) is 18.9 Å². The largest absolute Gasteiger partial charge is 0.378 e. The Morgan fingerprint density at radius 3 is 2.44 bits per heavy atom. The molecule has 1 fully saturated rings. The summed E-state index contributed by atoms with van der Waals surface area (Å²) in [5.74, 6) is 2.23. The normalized spacial score (nSPS) is 14.1. The van der Waals surface area contributed by atoms with E-state index in [-0.39, 0.29) is 0 Å². The maximum atomic E-state index is 5.58. The summed E-state index contributed by atoms with van der Waals surface area (Å²) in [7, 11) is 1.99. The van der Waals surface area contributed by atoms with E-state index in [9.17, 15) is 0 Å². The highest BCUT2D eigenvalue weighted by Gasteiger charge is 2.24. The lowest BCUT2D eigenvalue weighted by Crippen LogP contribution is -2.37.